The molecular formula is C25H28N4S. The van der Waals surface area contributed by atoms with Gasteiger partial charge in [0.1, 0.15) is 0 Å². The van der Waals surface area contributed by atoms with E-state index in [2.05, 4.69) is 83.0 Å². The van der Waals surface area contributed by atoms with Crippen LogP contribution in [0.2, 0.25) is 0 Å². The predicted octanol–water partition coefficient (Wildman–Crippen LogP) is 5.57. The van der Waals surface area contributed by atoms with Crippen LogP contribution >= 0.6 is 12.2 Å². The van der Waals surface area contributed by atoms with E-state index in [1.807, 2.05) is 12.3 Å². The van der Waals surface area contributed by atoms with Crippen LogP contribution in [0.25, 0.3) is 0 Å². The molecule has 5 heteroatoms. The number of aryl methyl sites for hydroxylation is 2. The van der Waals surface area contributed by atoms with Crippen molar-refractivity contribution in [3.8, 4) is 0 Å². The molecule has 1 N–H and O–H groups in total. The maximum atomic E-state index is 5.86. The summed E-state index contributed by atoms with van der Waals surface area (Å²) in [5, 5.41) is 4.34. The zero-order valence-electron chi connectivity index (χ0n) is 17.8. The molecular weight excluding hydrogens is 388 g/mol. The lowest BCUT2D eigenvalue weighted by Gasteiger charge is -2.28. The molecule has 1 aromatic carbocycles. The Bertz CT molecular complexity index is 1070. The van der Waals surface area contributed by atoms with Gasteiger partial charge in [0.15, 0.2) is 5.11 Å². The number of thiocarbonyl (C=S) groups is 1. The van der Waals surface area contributed by atoms with Crippen LogP contribution < -0.4 is 10.2 Å². The minimum absolute atomic E-state index is 0.0118. The van der Waals surface area contributed by atoms with Gasteiger partial charge in [0.2, 0.25) is 0 Å². The van der Waals surface area contributed by atoms with Crippen LogP contribution in [-0.4, -0.2) is 14.7 Å². The fraction of sp³-hybridized carbons (Fsp3) is 0.360. The lowest BCUT2D eigenvalue weighted by atomic mass is 9.96. The van der Waals surface area contributed by atoms with Crippen molar-refractivity contribution in [1.29, 1.82) is 0 Å². The second-order valence-electron chi connectivity index (χ2n) is 8.44. The molecule has 4 nitrogen and oxygen atoms in total. The SMILES string of the molecule is CCc1ccc(N2C(=S)N[C@H](c3ccccn3)[C@@H]2c2cc(C)n(C3CC3)c2C)cc1. The number of hydrogen-bond acceptors (Lipinski definition) is 2. The Morgan fingerprint density at radius 3 is 2.50 bits per heavy atom. The average Bonchev–Trinajstić information content (AvgIpc) is 3.48. The summed E-state index contributed by atoms with van der Waals surface area (Å²) < 4.78 is 2.52. The average molecular weight is 417 g/mol. The third-order valence-electron chi connectivity index (χ3n) is 6.48. The van der Waals surface area contributed by atoms with Gasteiger partial charge in [-0.2, -0.15) is 0 Å². The van der Waals surface area contributed by atoms with E-state index in [0.717, 1.165) is 22.9 Å². The maximum absolute atomic E-state index is 5.86. The highest BCUT2D eigenvalue weighted by Gasteiger charge is 2.42. The van der Waals surface area contributed by atoms with Crippen molar-refractivity contribution in [2.24, 2.45) is 0 Å². The fourth-order valence-electron chi connectivity index (χ4n) is 4.84. The Kier molecular flexibility index (Phi) is 4.86. The molecule has 1 saturated carbocycles. The van der Waals surface area contributed by atoms with Gasteiger partial charge in [0.25, 0.3) is 0 Å². The van der Waals surface area contributed by atoms with Gasteiger partial charge in [-0.3, -0.25) is 4.98 Å². The molecule has 0 bridgehead atoms. The Morgan fingerprint density at radius 2 is 1.87 bits per heavy atom. The monoisotopic (exact) mass is 416 g/mol. The number of nitrogens with zero attached hydrogens (tertiary/aromatic N) is 3. The van der Waals surface area contributed by atoms with E-state index in [4.69, 9.17) is 12.2 Å². The summed E-state index contributed by atoms with van der Waals surface area (Å²) in [6.45, 7) is 6.67. The van der Waals surface area contributed by atoms with Crippen molar-refractivity contribution in [1.82, 2.24) is 14.9 Å². The lowest BCUT2D eigenvalue weighted by Crippen LogP contribution is -2.29. The van der Waals surface area contributed by atoms with Gasteiger partial charge in [0, 0.05) is 29.3 Å². The Balaban J connectivity index is 1.64. The van der Waals surface area contributed by atoms with Gasteiger partial charge < -0.3 is 14.8 Å². The van der Waals surface area contributed by atoms with Crippen molar-refractivity contribution in [2.45, 2.75) is 58.2 Å². The number of hydrogen-bond donors (Lipinski definition) is 1. The van der Waals surface area contributed by atoms with Crippen LogP contribution in [0.15, 0.2) is 54.7 Å². The first-order valence-corrected chi connectivity index (χ1v) is 11.3. The molecule has 1 saturated heterocycles. The van der Waals surface area contributed by atoms with Crippen LogP contribution in [0.1, 0.15) is 66.1 Å². The van der Waals surface area contributed by atoms with Crippen molar-refractivity contribution in [3.63, 3.8) is 0 Å². The molecule has 2 atom stereocenters. The number of anilines is 1. The van der Waals surface area contributed by atoms with E-state index in [0.29, 0.717) is 6.04 Å². The molecule has 30 heavy (non-hydrogen) atoms. The van der Waals surface area contributed by atoms with Crippen LogP contribution in [-0.2, 0) is 6.42 Å². The highest BCUT2D eigenvalue weighted by molar-refractivity contribution is 7.80. The van der Waals surface area contributed by atoms with Crippen LogP contribution in [0.3, 0.4) is 0 Å². The predicted molar refractivity (Wildman–Crippen MR) is 126 cm³/mol. The van der Waals surface area contributed by atoms with Crippen molar-refractivity contribution in [2.75, 3.05) is 4.90 Å². The molecule has 1 aliphatic carbocycles. The minimum atomic E-state index is 0.0118. The third kappa shape index (κ3) is 3.21. The zero-order valence-corrected chi connectivity index (χ0v) is 18.6. The van der Waals surface area contributed by atoms with Crippen molar-refractivity contribution in [3.05, 3.63) is 82.9 Å². The summed E-state index contributed by atoms with van der Waals surface area (Å²) >= 11 is 5.86. The quantitative estimate of drug-likeness (QED) is 0.551. The van der Waals surface area contributed by atoms with Gasteiger partial charge in [-0.15, -0.1) is 0 Å². The summed E-state index contributed by atoms with van der Waals surface area (Å²) in [5.74, 6) is 0. The highest BCUT2D eigenvalue weighted by atomic mass is 32.1. The number of aromatic nitrogens is 2. The first-order chi connectivity index (χ1) is 14.6. The maximum Gasteiger partial charge on any atom is 0.174 e. The van der Waals surface area contributed by atoms with E-state index < -0.39 is 0 Å². The lowest BCUT2D eigenvalue weighted by molar-refractivity contribution is 0.562. The normalized spacial score (nSPS) is 21.2. The molecule has 3 aromatic rings. The van der Waals surface area contributed by atoms with Crippen LogP contribution in [0.4, 0.5) is 5.69 Å². The van der Waals surface area contributed by atoms with Gasteiger partial charge in [-0.25, -0.2) is 0 Å². The Labute approximate surface area is 183 Å². The summed E-state index contributed by atoms with van der Waals surface area (Å²) in [4.78, 5) is 6.96. The summed E-state index contributed by atoms with van der Waals surface area (Å²) in [6, 6.07) is 18.0. The Morgan fingerprint density at radius 1 is 1.10 bits per heavy atom. The van der Waals surface area contributed by atoms with E-state index in [1.54, 1.807) is 0 Å². The topological polar surface area (TPSA) is 33.1 Å². The van der Waals surface area contributed by atoms with Crippen molar-refractivity contribution < 1.29 is 0 Å². The smallest absolute Gasteiger partial charge is 0.174 e. The van der Waals surface area contributed by atoms with Crippen molar-refractivity contribution >= 4 is 23.0 Å². The molecule has 0 unspecified atom stereocenters. The Hall–Kier alpha value is -2.66. The third-order valence-corrected chi connectivity index (χ3v) is 6.79. The summed E-state index contributed by atoms with van der Waals surface area (Å²) in [6.07, 6.45) is 5.46. The highest BCUT2D eigenvalue weighted by Crippen LogP contribution is 2.46. The molecule has 2 aromatic heterocycles. The van der Waals surface area contributed by atoms with Crippen LogP contribution in [0.5, 0.6) is 0 Å². The summed E-state index contributed by atoms with van der Waals surface area (Å²) in [5.41, 5.74) is 7.51. The van der Waals surface area contributed by atoms with Gasteiger partial charge in [0.05, 0.1) is 17.8 Å². The number of rotatable bonds is 5. The molecule has 154 valence electrons. The molecule has 2 fully saturated rings. The zero-order chi connectivity index (χ0) is 20.8. The van der Waals surface area contributed by atoms with E-state index >= 15 is 0 Å². The van der Waals surface area contributed by atoms with E-state index in [1.165, 1.54) is 35.4 Å². The largest absolute Gasteiger partial charge is 0.351 e. The molecule has 5 rings (SSSR count). The first-order valence-electron chi connectivity index (χ1n) is 10.9. The second kappa shape index (κ2) is 7.55. The number of benzene rings is 1. The standard InChI is InChI=1S/C25H28N4S/c1-4-18-8-10-20(11-9-18)29-24(21-15-16(2)28(17(21)3)19-12-13-19)23(27-25(29)30)22-7-5-6-14-26-22/h5-11,14-15,19,23-24H,4,12-13H2,1-3H3,(H,27,30)/t23-,24+/m1/s1. The molecule has 2 aliphatic rings. The summed E-state index contributed by atoms with van der Waals surface area (Å²) in [7, 11) is 0. The second-order valence-corrected chi connectivity index (χ2v) is 8.83. The fourth-order valence-corrected chi connectivity index (χ4v) is 5.18. The molecule has 3 heterocycles. The number of pyridine rings is 1. The number of nitrogens with one attached hydrogen (secondary N) is 1. The van der Waals surface area contributed by atoms with E-state index in [9.17, 15) is 0 Å². The van der Waals surface area contributed by atoms with Crippen LogP contribution in [0, 0.1) is 13.8 Å². The van der Waals surface area contributed by atoms with Gasteiger partial charge in [-0.1, -0.05) is 25.1 Å². The first kappa shape index (κ1) is 19.3. The molecule has 0 spiro atoms. The minimum Gasteiger partial charge on any atom is -0.351 e. The van der Waals surface area contributed by atoms with E-state index in [-0.39, 0.29) is 12.1 Å². The molecule has 0 amide bonds. The molecule has 1 aliphatic heterocycles. The van der Waals surface area contributed by atoms with Gasteiger partial charge >= 0.3 is 0 Å². The molecule has 0 radical (unpaired) electrons. The van der Waals surface area contributed by atoms with Gasteiger partial charge in [-0.05, 0) is 86.8 Å².